The van der Waals surface area contributed by atoms with Crippen molar-refractivity contribution in [2.75, 3.05) is 6.61 Å². The first kappa shape index (κ1) is 27.5. The zero-order valence-corrected chi connectivity index (χ0v) is 21.3. The molecule has 1 saturated carbocycles. The largest absolute Gasteiger partial charge is 0.491 e. The minimum Gasteiger partial charge on any atom is -0.491 e. The van der Waals surface area contributed by atoms with Gasteiger partial charge in [0, 0.05) is 18.3 Å². The minimum absolute atomic E-state index is 0.0249. The Morgan fingerprint density at radius 1 is 1.02 bits per heavy atom. The van der Waals surface area contributed by atoms with Gasteiger partial charge >= 0.3 is 18.1 Å². The van der Waals surface area contributed by atoms with Crippen LogP contribution in [0.15, 0.2) is 91.0 Å². The number of benzene rings is 3. The lowest BCUT2D eigenvalue weighted by Crippen LogP contribution is -2.25. The number of halogens is 3. The van der Waals surface area contributed by atoms with E-state index in [9.17, 15) is 27.9 Å². The van der Waals surface area contributed by atoms with E-state index in [1.54, 1.807) is 18.2 Å². The van der Waals surface area contributed by atoms with Crippen LogP contribution >= 0.6 is 0 Å². The molecule has 1 aliphatic heterocycles. The Morgan fingerprint density at radius 3 is 2.48 bits per heavy atom. The SMILES string of the molecule is O=C1C[C@@H]2C(/C=C/[C@@H](O)COc3cccc(C(F)(F)F)c3)[C@H](OC(=O)c3ccc(-c4ccccc4)cc3)C[C@@H]2O1. The lowest BCUT2D eigenvalue weighted by Gasteiger charge is -2.21. The second-order valence-corrected chi connectivity index (χ2v) is 9.89. The van der Waals surface area contributed by atoms with Crippen LogP contribution in [-0.2, 0) is 20.4 Å². The van der Waals surface area contributed by atoms with Gasteiger partial charge in [0.15, 0.2) is 0 Å². The van der Waals surface area contributed by atoms with Crippen molar-refractivity contribution in [1.82, 2.24) is 0 Å². The van der Waals surface area contributed by atoms with E-state index in [-0.39, 0.29) is 30.7 Å². The molecule has 208 valence electrons. The molecule has 0 bridgehead atoms. The first-order chi connectivity index (χ1) is 19.2. The Labute approximate surface area is 229 Å². The van der Waals surface area contributed by atoms with Crippen LogP contribution in [0.2, 0.25) is 0 Å². The highest BCUT2D eigenvalue weighted by molar-refractivity contribution is 5.90. The maximum Gasteiger partial charge on any atom is 0.416 e. The molecular weight excluding hydrogens is 525 g/mol. The van der Waals surface area contributed by atoms with Gasteiger partial charge in [-0.25, -0.2) is 4.79 Å². The van der Waals surface area contributed by atoms with Crippen molar-refractivity contribution in [3.8, 4) is 16.9 Å². The van der Waals surface area contributed by atoms with E-state index in [1.165, 1.54) is 18.2 Å². The summed E-state index contributed by atoms with van der Waals surface area (Å²) in [5.41, 5.74) is 1.51. The molecule has 2 aliphatic rings. The molecule has 1 aliphatic carbocycles. The molecule has 5 rings (SSSR count). The molecule has 3 aromatic carbocycles. The summed E-state index contributed by atoms with van der Waals surface area (Å²) in [6.07, 6.45) is -3.03. The average Bonchev–Trinajstić information content (AvgIpc) is 3.46. The van der Waals surface area contributed by atoms with Crippen LogP contribution < -0.4 is 4.74 Å². The zero-order chi connectivity index (χ0) is 28.3. The van der Waals surface area contributed by atoms with Crippen molar-refractivity contribution in [3.05, 3.63) is 102 Å². The minimum atomic E-state index is -4.51. The van der Waals surface area contributed by atoms with Crippen LogP contribution in [0.5, 0.6) is 5.75 Å². The van der Waals surface area contributed by atoms with E-state index < -0.39 is 41.9 Å². The second kappa shape index (κ2) is 11.6. The second-order valence-electron chi connectivity index (χ2n) is 9.89. The van der Waals surface area contributed by atoms with E-state index >= 15 is 0 Å². The molecule has 1 unspecified atom stereocenters. The number of aliphatic hydroxyl groups is 1. The molecule has 1 heterocycles. The number of rotatable bonds is 8. The number of carbonyl (C=O) groups is 2. The van der Waals surface area contributed by atoms with Gasteiger partial charge in [0.2, 0.25) is 0 Å². The van der Waals surface area contributed by atoms with Crippen LogP contribution in [0.3, 0.4) is 0 Å². The highest BCUT2D eigenvalue weighted by Gasteiger charge is 2.50. The molecule has 2 fully saturated rings. The smallest absolute Gasteiger partial charge is 0.416 e. The molecule has 1 N–H and O–H groups in total. The highest BCUT2D eigenvalue weighted by Crippen LogP contribution is 2.44. The zero-order valence-electron chi connectivity index (χ0n) is 21.3. The van der Waals surface area contributed by atoms with Crippen molar-refractivity contribution in [2.45, 2.75) is 37.3 Å². The Morgan fingerprint density at radius 2 is 1.75 bits per heavy atom. The summed E-state index contributed by atoms with van der Waals surface area (Å²) in [7, 11) is 0. The topological polar surface area (TPSA) is 82.1 Å². The number of carbonyl (C=O) groups excluding carboxylic acids is 2. The molecule has 40 heavy (non-hydrogen) atoms. The van der Waals surface area contributed by atoms with Crippen LogP contribution in [0.25, 0.3) is 11.1 Å². The summed E-state index contributed by atoms with van der Waals surface area (Å²) in [4.78, 5) is 24.9. The summed E-state index contributed by atoms with van der Waals surface area (Å²) < 4.78 is 55.4. The number of fused-ring (bicyclic) bond motifs is 1. The molecule has 0 aromatic heterocycles. The van der Waals surface area contributed by atoms with Crippen molar-refractivity contribution in [2.24, 2.45) is 11.8 Å². The fraction of sp³-hybridized carbons (Fsp3) is 0.290. The Balaban J connectivity index is 1.23. The quantitative estimate of drug-likeness (QED) is 0.279. The standard InChI is InChI=1S/C31H27F3O6/c32-31(33,34)22-7-4-8-24(15-22)38-18-23(35)13-14-25-26-16-29(36)39-28(26)17-27(25)40-30(37)21-11-9-20(10-12-21)19-5-2-1-3-6-19/h1-15,23,25-28,35H,16-18H2/b14-13+/t23-,25?,26-,27-,28+/m1/s1. The number of hydrogen-bond donors (Lipinski definition) is 1. The molecule has 6 nitrogen and oxygen atoms in total. The molecule has 9 heteroatoms. The fourth-order valence-corrected chi connectivity index (χ4v) is 5.18. The van der Waals surface area contributed by atoms with E-state index in [1.807, 2.05) is 42.5 Å². The molecule has 0 radical (unpaired) electrons. The van der Waals surface area contributed by atoms with Crippen LogP contribution in [0.1, 0.15) is 28.8 Å². The van der Waals surface area contributed by atoms with Crippen LogP contribution in [-0.4, -0.2) is 42.0 Å². The summed E-state index contributed by atoms with van der Waals surface area (Å²) in [6.45, 7) is -0.285. The molecule has 5 atom stereocenters. The lowest BCUT2D eigenvalue weighted by molar-refractivity contribution is -0.142. The third-order valence-corrected chi connectivity index (χ3v) is 7.17. The Bertz CT molecular complexity index is 1370. The van der Waals surface area contributed by atoms with Gasteiger partial charge in [-0.05, 0) is 41.5 Å². The van der Waals surface area contributed by atoms with Gasteiger partial charge in [-0.15, -0.1) is 0 Å². The maximum atomic E-state index is 13.0. The van der Waals surface area contributed by atoms with Gasteiger partial charge in [0.1, 0.15) is 30.7 Å². The summed E-state index contributed by atoms with van der Waals surface area (Å²) in [6, 6.07) is 21.2. The number of hydrogen-bond acceptors (Lipinski definition) is 6. The molecule has 1 saturated heterocycles. The predicted octanol–water partition coefficient (Wildman–Crippen LogP) is 5.85. The third-order valence-electron chi connectivity index (χ3n) is 7.17. The summed E-state index contributed by atoms with van der Waals surface area (Å²) >= 11 is 0. The lowest BCUT2D eigenvalue weighted by atomic mass is 9.91. The van der Waals surface area contributed by atoms with Crippen molar-refractivity contribution in [3.63, 3.8) is 0 Å². The molecule has 0 spiro atoms. The van der Waals surface area contributed by atoms with Gasteiger partial charge in [0.25, 0.3) is 0 Å². The fourth-order valence-electron chi connectivity index (χ4n) is 5.18. The third kappa shape index (κ3) is 6.37. The van der Waals surface area contributed by atoms with Gasteiger partial charge in [-0.1, -0.05) is 60.7 Å². The average molecular weight is 553 g/mol. The summed E-state index contributed by atoms with van der Waals surface area (Å²) in [5.74, 6) is -1.49. The predicted molar refractivity (Wildman–Crippen MR) is 139 cm³/mol. The number of ether oxygens (including phenoxy) is 3. The van der Waals surface area contributed by atoms with Gasteiger partial charge in [-0.3, -0.25) is 4.79 Å². The van der Waals surface area contributed by atoms with E-state index in [0.29, 0.717) is 12.0 Å². The van der Waals surface area contributed by atoms with Crippen molar-refractivity contribution >= 4 is 11.9 Å². The number of alkyl halides is 3. The molecule has 0 amide bonds. The van der Waals surface area contributed by atoms with Crippen molar-refractivity contribution < 1.29 is 42.1 Å². The summed E-state index contributed by atoms with van der Waals surface area (Å²) in [5, 5.41) is 10.4. The van der Waals surface area contributed by atoms with E-state index in [2.05, 4.69) is 0 Å². The maximum absolute atomic E-state index is 13.0. The Hall–Kier alpha value is -4.11. The molecule has 3 aromatic rings. The van der Waals surface area contributed by atoms with Crippen LogP contribution in [0, 0.1) is 11.8 Å². The highest BCUT2D eigenvalue weighted by atomic mass is 19.4. The van der Waals surface area contributed by atoms with Crippen molar-refractivity contribution in [1.29, 1.82) is 0 Å². The first-order valence-electron chi connectivity index (χ1n) is 12.9. The van der Waals surface area contributed by atoms with E-state index in [4.69, 9.17) is 14.2 Å². The normalized spacial score (nSPS) is 23.1. The van der Waals surface area contributed by atoms with E-state index in [0.717, 1.165) is 23.3 Å². The van der Waals surface area contributed by atoms with Gasteiger partial charge in [0.05, 0.1) is 17.5 Å². The Kier molecular flexibility index (Phi) is 7.93. The first-order valence-corrected chi connectivity index (χ1v) is 12.9. The molecular formula is C31H27F3O6. The van der Waals surface area contributed by atoms with Crippen LogP contribution in [0.4, 0.5) is 13.2 Å². The van der Waals surface area contributed by atoms with Gasteiger partial charge < -0.3 is 19.3 Å². The number of esters is 2. The number of aliphatic hydroxyl groups excluding tert-OH is 1. The van der Waals surface area contributed by atoms with Gasteiger partial charge in [-0.2, -0.15) is 13.2 Å². The monoisotopic (exact) mass is 552 g/mol.